The standard InChI is InChI=1S/C21H19N5O2S/c1-3-11-26-20(16-7-9-18(28-2)10-8-16)24-25-21(26)29-14-19(27)23-17-6-4-5-15(12-17)13-22/h3-10,12H,1,11,14H2,2H3,(H,23,27). The van der Waals surface area contributed by atoms with E-state index in [1.165, 1.54) is 11.8 Å². The molecule has 0 bridgehead atoms. The first-order chi connectivity index (χ1) is 14.1. The molecule has 0 radical (unpaired) electrons. The Bertz CT molecular complexity index is 1050. The number of methoxy groups -OCH3 is 1. The van der Waals surface area contributed by atoms with Crippen molar-refractivity contribution in [3.8, 4) is 23.2 Å². The molecule has 0 atom stereocenters. The molecule has 3 aromatic rings. The lowest BCUT2D eigenvalue weighted by molar-refractivity contribution is -0.113. The number of aromatic nitrogens is 3. The molecule has 0 fully saturated rings. The highest BCUT2D eigenvalue weighted by molar-refractivity contribution is 7.99. The first kappa shape index (κ1) is 20.2. The van der Waals surface area contributed by atoms with E-state index in [4.69, 9.17) is 10.00 Å². The van der Waals surface area contributed by atoms with Gasteiger partial charge in [-0.2, -0.15) is 5.26 Å². The number of allylic oxidation sites excluding steroid dienone is 1. The minimum Gasteiger partial charge on any atom is -0.497 e. The van der Waals surface area contributed by atoms with Crippen LogP contribution in [0.25, 0.3) is 11.4 Å². The maximum absolute atomic E-state index is 12.3. The number of carbonyl (C=O) groups excluding carboxylic acids is 1. The Morgan fingerprint density at radius 1 is 1.31 bits per heavy atom. The Morgan fingerprint density at radius 3 is 2.79 bits per heavy atom. The molecule has 3 rings (SSSR count). The zero-order valence-electron chi connectivity index (χ0n) is 15.8. The van der Waals surface area contributed by atoms with E-state index in [0.29, 0.717) is 28.8 Å². The zero-order chi connectivity index (χ0) is 20.6. The Balaban J connectivity index is 1.71. The number of nitriles is 1. The number of amides is 1. The van der Waals surface area contributed by atoms with E-state index in [9.17, 15) is 4.79 Å². The van der Waals surface area contributed by atoms with Gasteiger partial charge in [-0.25, -0.2) is 0 Å². The van der Waals surface area contributed by atoms with Crippen LogP contribution in [0.3, 0.4) is 0 Å². The van der Waals surface area contributed by atoms with Gasteiger partial charge in [0, 0.05) is 17.8 Å². The second-order valence-electron chi connectivity index (χ2n) is 5.96. The summed E-state index contributed by atoms with van der Waals surface area (Å²) in [6.07, 6.45) is 1.76. The van der Waals surface area contributed by atoms with Crippen LogP contribution in [-0.2, 0) is 11.3 Å². The molecule has 1 amide bonds. The van der Waals surface area contributed by atoms with Crippen molar-refractivity contribution in [3.63, 3.8) is 0 Å². The molecule has 2 aromatic carbocycles. The van der Waals surface area contributed by atoms with Crippen LogP contribution in [0.15, 0.2) is 66.3 Å². The highest BCUT2D eigenvalue weighted by Crippen LogP contribution is 2.26. The van der Waals surface area contributed by atoms with Gasteiger partial charge in [0.05, 0.1) is 24.5 Å². The third-order valence-corrected chi connectivity index (χ3v) is 4.95. The lowest BCUT2D eigenvalue weighted by Gasteiger charge is -2.09. The summed E-state index contributed by atoms with van der Waals surface area (Å²) in [4.78, 5) is 12.3. The molecule has 1 heterocycles. The van der Waals surface area contributed by atoms with Crippen LogP contribution < -0.4 is 10.1 Å². The summed E-state index contributed by atoms with van der Waals surface area (Å²) in [7, 11) is 1.62. The van der Waals surface area contributed by atoms with Gasteiger partial charge in [-0.1, -0.05) is 23.9 Å². The zero-order valence-corrected chi connectivity index (χ0v) is 16.6. The molecular weight excluding hydrogens is 386 g/mol. The minimum atomic E-state index is -0.191. The van der Waals surface area contributed by atoms with Crippen molar-refractivity contribution in [2.75, 3.05) is 18.2 Å². The number of nitrogens with zero attached hydrogens (tertiary/aromatic N) is 4. The van der Waals surface area contributed by atoms with Crippen molar-refractivity contribution in [2.45, 2.75) is 11.7 Å². The van der Waals surface area contributed by atoms with E-state index in [2.05, 4.69) is 28.2 Å². The van der Waals surface area contributed by atoms with Crippen molar-refractivity contribution < 1.29 is 9.53 Å². The van der Waals surface area contributed by atoms with Gasteiger partial charge in [0.25, 0.3) is 0 Å². The van der Waals surface area contributed by atoms with Crippen LogP contribution in [0.1, 0.15) is 5.56 Å². The number of carbonyl (C=O) groups is 1. The first-order valence-electron chi connectivity index (χ1n) is 8.76. The van der Waals surface area contributed by atoms with Crippen LogP contribution in [0.2, 0.25) is 0 Å². The molecule has 7 nitrogen and oxygen atoms in total. The predicted octanol–water partition coefficient (Wildman–Crippen LogP) is 3.74. The van der Waals surface area contributed by atoms with Gasteiger partial charge in [-0.15, -0.1) is 16.8 Å². The number of anilines is 1. The summed E-state index contributed by atoms with van der Waals surface area (Å²) < 4.78 is 7.10. The quantitative estimate of drug-likeness (QED) is 0.453. The molecule has 0 saturated carbocycles. The summed E-state index contributed by atoms with van der Waals surface area (Å²) in [5, 5.41) is 20.9. The minimum absolute atomic E-state index is 0.161. The highest BCUT2D eigenvalue weighted by Gasteiger charge is 2.15. The lowest BCUT2D eigenvalue weighted by Crippen LogP contribution is -2.14. The first-order valence-corrected chi connectivity index (χ1v) is 9.74. The van der Waals surface area contributed by atoms with Crippen LogP contribution >= 0.6 is 11.8 Å². The summed E-state index contributed by atoms with van der Waals surface area (Å²) in [5.41, 5.74) is 1.97. The Hall–Kier alpha value is -3.57. The van der Waals surface area contributed by atoms with E-state index in [-0.39, 0.29) is 11.7 Å². The molecule has 1 aromatic heterocycles. The summed E-state index contributed by atoms with van der Waals surface area (Å²) in [6.45, 7) is 4.31. The fourth-order valence-electron chi connectivity index (χ4n) is 2.64. The second kappa shape index (κ2) is 9.57. The highest BCUT2D eigenvalue weighted by atomic mass is 32.2. The van der Waals surface area contributed by atoms with Gasteiger partial charge in [-0.05, 0) is 42.5 Å². The average Bonchev–Trinajstić information content (AvgIpc) is 3.15. The molecule has 0 saturated heterocycles. The third kappa shape index (κ3) is 5.03. The number of thioether (sulfide) groups is 1. The van der Waals surface area contributed by atoms with Crippen LogP contribution in [0.4, 0.5) is 5.69 Å². The van der Waals surface area contributed by atoms with Gasteiger partial charge < -0.3 is 10.1 Å². The summed E-state index contributed by atoms with van der Waals surface area (Å²) >= 11 is 1.29. The molecule has 0 aliphatic heterocycles. The molecular formula is C21H19N5O2S. The topological polar surface area (TPSA) is 92.8 Å². The van der Waals surface area contributed by atoms with Crippen molar-refractivity contribution >= 4 is 23.4 Å². The monoisotopic (exact) mass is 405 g/mol. The van der Waals surface area contributed by atoms with Gasteiger partial charge in [0.2, 0.25) is 5.91 Å². The Kier molecular flexibility index (Phi) is 6.66. The molecule has 29 heavy (non-hydrogen) atoms. The predicted molar refractivity (Wildman–Crippen MR) is 113 cm³/mol. The normalized spacial score (nSPS) is 10.2. The van der Waals surface area contributed by atoms with Crippen LogP contribution in [0, 0.1) is 11.3 Å². The number of hydrogen-bond acceptors (Lipinski definition) is 6. The van der Waals surface area contributed by atoms with Crippen molar-refractivity contribution in [3.05, 3.63) is 66.7 Å². The summed E-state index contributed by atoms with van der Waals surface area (Å²) in [5.74, 6) is 1.42. The maximum Gasteiger partial charge on any atom is 0.234 e. The van der Waals surface area contributed by atoms with Gasteiger partial charge in [0.1, 0.15) is 5.75 Å². The van der Waals surface area contributed by atoms with Gasteiger partial charge in [-0.3, -0.25) is 9.36 Å². The Labute approximate surface area is 173 Å². The van der Waals surface area contributed by atoms with Gasteiger partial charge in [0.15, 0.2) is 11.0 Å². The fraction of sp³-hybridized carbons (Fsp3) is 0.143. The SMILES string of the molecule is C=CCn1c(SCC(=O)Nc2cccc(C#N)c2)nnc1-c1ccc(OC)cc1. The van der Waals surface area contributed by atoms with E-state index in [1.807, 2.05) is 28.8 Å². The van der Waals surface area contributed by atoms with Crippen molar-refractivity contribution in [2.24, 2.45) is 0 Å². The number of rotatable bonds is 8. The third-order valence-electron chi connectivity index (χ3n) is 3.98. The molecule has 0 aliphatic rings. The van der Waals surface area contributed by atoms with E-state index in [0.717, 1.165) is 11.3 Å². The summed E-state index contributed by atoms with van der Waals surface area (Å²) in [6, 6.07) is 16.4. The fourth-order valence-corrected chi connectivity index (χ4v) is 3.38. The number of benzene rings is 2. The number of hydrogen-bond donors (Lipinski definition) is 1. The maximum atomic E-state index is 12.3. The van der Waals surface area contributed by atoms with Crippen molar-refractivity contribution in [1.82, 2.24) is 14.8 Å². The second-order valence-corrected chi connectivity index (χ2v) is 6.91. The van der Waals surface area contributed by atoms with E-state index < -0.39 is 0 Å². The van der Waals surface area contributed by atoms with Crippen LogP contribution in [-0.4, -0.2) is 33.5 Å². The largest absolute Gasteiger partial charge is 0.497 e. The Morgan fingerprint density at radius 2 is 2.10 bits per heavy atom. The number of ether oxygens (including phenoxy) is 1. The van der Waals surface area contributed by atoms with Crippen molar-refractivity contribution in [1.29, 1.82) is 5.26 Å². The van der Waals surface area contributed by atoms with Gasteiger partial charge >= 0.3 is 0 Å². The molecule has 0 spiro atoms. The van der Waals surface area contributed by atoms with E-state index >= 15 is 0 Å². The smallest absolute Gasteiger partial charge is 0.234 e. The lowest BCUT2D eigenvalue weighted by atomic mass is 10.2. The number of nitrogens with one attached hydrogen (secondary N) is 1. The van der Waals surface area contributed by atoms with E-state index in [1.54, 1.807) is 37.5 Å². The molecule has 0 unspecified atom stereocenters. The van der Waals surface area contributed by atoms with Crippen LogP contribution in [0.5, 0.6) is 5.75 Å². The average molecular weight is 405 g/mol. The molecule has 0 aliphatic carbocycles. The molecule has 8 heteroatoms. The molecule has 1 N–H and O–H groups in total. The molecule has 146 valence electrons.